The second kappa shape index (κ2) is 7.62. The summed E-state index contributed by atoms with van der Waals surface area (Å²) in [6, 6.07) is 1.52. The van der Waals surface area contributed by atoms with E-state index in [-0.39, 0.29) is 24.3 Å². The Morgan fingerprint density at radius 3 is 2.61 bits per heavy atom. The largest absolute Gasteiger partial charge is 0.380 e. The molecular weight excluding hydrogens is 433 g/mol. The van der Waals surface area contributed by atoms with Crippen LogP contribution in [0.25, 0.3) is 11.4 Å². The number of aromatic nitrogens is 2. The molecule has 3 aliphatic heterocycles. The standard InChI is InChI=1S/C22H24FN5O5/c1-4-11-6-14(32-3)9-28-16-13(5-12(7-15(16)23)18-24-10(2)33-27-18)8-22(17(11)28)19(29)25-21(31)26-20(22)30/h5,7,11,14,17H,4,6,8-9H2,1-3H3,(H2,25,26,29,30,31)/t11-,14+,17-/m1/s1. The van der Waals surface area contributed by atoms with Crippen LogP contribution in [0.1, 0.15) is 31.2 Å². The number of rotatable bonds is 3. The maximum absolute atomic E-state index is 15.6. The number of aryl methyl sites for hydroxylation is 1. The van der Waals surface area contributed by atoms with Crippen molar-refractivity contribution in [3.8, 4) is 11.4 Å². The lowest BCUT2D eigenvalue weighted by Gasteiger charge is -2.56. The van der Waals surface area contributed by atoms with Gasteiger partial charge in [0.25, 0.3) is 0 Å². The molecule has 1 aromatic carbocycles. The fourth-order valence-corrected chi connectivity index (χ4v) is 5.64. The van der Waals surface area contributed by atoms with Crippen molar-refractivity contribution in [2.75, 3.05) is 18.6 Å². The van der Waals surface area contributed by atoms with Gasteiger partial charge < -0.3 is 14.2 Å². The second-order valence-electron chi connectivity index (χ2n) is 8.85. The van der Waals surface area contributed by atoms with E-state index in [1.165, 1.54) is 6.07 Å². The van der Waals surface area contributed by atoms with E-state index in [1.54, 1.807) is 25.0 Å². The monoisotopic (exact) mass is 457 g/mol. The summed E-state index contributed by atoms with van der Waals surface area (Å²) >= 11 is 0. The van der Waals surface area contributed by atoms with Crippen molar-refractivity contribution in [3.63, 3.8) is 0 Å². The summed E-state index contributed by atoms with van der Waals surface area (Å²) < 4.78 is 26.3. The number of anilines is 1. The zero-order valence-electron chi connectivity index (χ0n) is 18.5. The highest BCUT2D eigenvalue weighted by molar-refractivity contribution is 6.20. The summed E-state index contributed by atoms with van der Waals surface area (Å²) in [5.74, 6) is -1.46. The maximum Gasteiger partial charge on any atom is 0.328 e. The van der Waals surface area contributed by atoms with Crippen LogP contribution >= 0.6 is 0 Å². The van der Waals surface area contributed by atoms with Crippen LogP contribution in [0, 0.1) is 24.1 Å². The van der Waals surface area contributed by atoms with Crippen LogP contribution in [-0.4, -0.2) is 53.8 Å². The molecule has 0 aliphatic carbocycles. The average molecular weight is 457 g/mol. The highest BCUT2D eigenvalue weighted by atomic mass is 19.1. The number of nitrogens with zero attached hydrogens (tertiary/aromatic N) is 3. The molecule has 2 aromatic rings. The van der Waals surface area contributed by atoms with Crippen LogP contribution in [-0.2, 0) is 20.7 Å². The van der Waals surface area contributed by atoms with Crippen molar-refractivity contribution >= 4 is 23.5 Å². The maximum atomic E-state index is 15.6. The summed E-state index contributed by atoms with van der Waals surface area (Å²) in [5, 5.41) is 8.40. The Kier molecular flexibility index (Phi) is 4.96. The number of fused-ring (bicyclic) bond motifs is 4. The lowest BCUT2D eigenvalue weighted by molar-refractivity contribution is -0.149. The van der Waals surface area contributed by atoms with Crippen LogP contribution in [0.5, 0.6) is 0 Å². The third kappa shape index (κ3) is 3.13. The molecule has 3 atom stereocenters. The number of urea groups is 1. The molecule has 10 nitrogen and oxygen atoms in total. The molecule has 33 heavy (non-hydrogen) atoms. The van der Waals surface area contributed by atoms with Crippen molar-refractivity contribution in [2.45, 2.75) is 45.3 Å². The highest BCUT2D eigenvalue weighted by Crippen LogP contribution is 2.50. The number of imide groups is 2. The Morgan fingerprint density at radius 2 is 2.00 bits per heavy atom. The topological polar surface area (TPSA) is 127 Å². The van der Waals surface area contributed by atoms with Gasteiger partial charge in [-0.25, -0.2) is 9.18 Å². The molecule has 174 valence electrons. The number of hydrogen-bond donors (Lipinski definition) is 2. The van der Waals surface area contributed by atoms with E-state index in [4.69, 9.17) is 9.26 Å². The molecule has 3 aliphatic rings. The summed E-state index contributed by atoms with van der Waals surface area (Å²) in [7, 11) is 1.59. The minimum absolute atomic E-state index is 0.0653. The number of amides is 4. The Balaban J connectivity index is 1.72. The molecule has 0 unspecified atom stereocenters. The van der Waals surface area contributed by atoms with Gasteiger partial charge in [-0.3, -0.25) is 20.2 Å². The summed E-state index contributed by atoms with van der Waals surface area (Å²) in [6.07, 6.45) is 0.990. The smallest absolute Gasteiger partial charge is 0.328 e. The summed E-state index contributed by atoms with van der Waals surface area (Å²) in [6.45, 7) is 3.90. The lowest BCUT2D eigenvalue weighted by atomic mass is 9.62. The van der Waals surface area contributed by atoms with Crippen molar-refractivity contribution < 1.29 is 28.0 Å². The average Bonchev–Trinajstić information content (AvgIpc) is 3.22. The summed E-state index contributed by atoms with van der Waals surface area (Å²) in [5.41, 5.74) is -0.447. The second-order valence-corrected chi connectivity index (χ2v) is 8.85. The number of halogens is 1. The van der Waals surface area contributed by atoms with E-state index in [0.717, 1.165) is 0 Å². The summed E-state index contributed by atoms with van der Waals surface area (Å²) in [4.78, 5) is 44.5. The molecule has 1 spiro atoms. The van der Waals surface area contributed by atoms with Gasteiger partial charge in [-0.05, 0) is 36.5 Å². The van der Waals surface area contributed by atoms with Gasteiger partial charge in [-0.15, -0.1) is 0 Å². The molecule has 1 aromatic heterocycles. The van der Waals surface area contributed by atoms with Crippen molar-refractivity contribution in [1.82, 2.24) is 20.8 Å². The third-order valence-electron chi connectivity index (χ3n) is 7.06. The van der Waals surface area contributed by atoms with E-state index in [1.807, 2.05) is 6.92 Å². The molecule has 11 heteroatoms. The number of barbiturate groups is 1. The highest BCUT2D eigenvalue weighted by Gasteiger charge is 2.63. The number of carbonyl (C=O) groups is 3. The Bertz CT molecular complexity index is 1140. The van der Waals surface area contributed by atoms with E-state index < -0.39 is 35.1 Å². The fraction of sp³-hybridized carbons (Fsp3) is 0.500. The fourth-order valence-electron chi connectivity index (χ4n) is 5.64. The zero-order chi connectivity index (χ0) is 23.5. The van der Waals surface area contributed by atoms with E-state index in [9.17, 15) is 14.4 Å². The number of nitrogens with one attached hydrogen (secondary N) is 2. The quantitative estimate of drug-likeness (QED) is 0.667. The first-order chi connectivity index (χ1) is 15.8. The predicted molar refractivity (Wildman–Crippen MR) is 113 cm³/mol. The molecule has 0 saturated carbocycles. The number of benzene rings is 1. The number of ether oxygens (including phenoxy) is 1. The Hall–Kier alpha value is -3.34. The Morgan fingerprint density at radius 1 is 1.27 bits per heavy atom. The Labute approximate surface area is 188 Å². The number of piperidine rings is 1. The number of hydrogen-bond acceptors (Lipinski definition) is 8. The predicted octanol–water partition coefficient (Wildman–Crippen LogP) is 1.71. The van der Waals surface area contributed by atoms with Gasteiger partial charge in [0.15, 0.2) is 5.41 Å². The van der Waals surface area contributed by atoms with Crippen molar-refractivity contribution in [2.24, 2.45) is 11.3 Å². The molecule has 2 saturated heterocycles. The zero-order valence-corrected chi connectivity index (χ0v) is 18.5. The first kappa shape index (κ1) is 21.5. The van der Waals surface area contributed by atoms with Gasteiger partial charge in [-0.2, -0.15) is 4.98 Å². The van der Waals surface area contributed by atoms with Crippen LogP contribution in [0.4, 0.5) is 14.9 Å². The molecule has 4 heterocycles. The van der Waals surface area contributed by atoms with Crippen LogP contribution < -0.4 is 15.5 Å². The van der Waals surface area contributed by atoms with Gasteiger partial charge in [0.2, 0.25) is 23.5 Å². The SMILES string of the molecule is CC[C@@H]1C[C@H](OC)CN2c3c(F)cc(-c4noc(C)n4)cc3CC3(C(=O)NC(=O)NC3=O)[C@@H]12. The van der Waals surface area contributed by atoms with E-state index >= 15 is 4.39 Å². The first-order valence-electron chi connectivity index (χ1n) is 10.9. The molecule has 5 rings (SSSR count). The number of methoxy groups -OCH3 is 1. The normalized spacial score (nSPS) is 26.0. The molecule has 2 fully saturated rings. The molecule has 2 N–H and O–H groups in total. The molecule has 0 bridgehead atoms. The first-order valence-corrected chi connectivity index (χ1v) is 10.9. The van der Waals surface area contributed by atoms with Crippen LogP contribution in [0.2, 0.25) is 0 Å². The van der Waals surface area contributed by atoms with Crippen LogP contribution in [0.15, 0.2) is 16.7 Å². The lowest BCUT2D eigenvalue weighted by Crippen LogP contribution is -2.74. The van der Waals surface area contributed by atoms with Crippen molar-refractivity contribution in [1.29, 1.82) is 0 Å². The van der Waals surface area contributed by atoms with Gasteiger partial charge in [0.05, 0.1) is 17.8 Å². The molecular formula is C22H24FN5O5. The minimum atomic E-state index is -1.60. The molecule has 4 amide bonds. The minimum Gasteiger partial charge on any atom is -0.380 e. The van der Waals surface area contributed by atoms with E-state index in [0.29, 0.717) is 42.1 Å². The van der Waals surface area contributed by atoms with E-state index in [2.05, 4.69) is 20.8 Å². The number of carbonyl (C=O) groups excluding carboxylic acids is 3. The van der Waals surface area contributed by atoms with Crippen LogP contribution in [0.3, 0.4) is 0 Å². The van der Waals surface area contributed by atoms with Gasteiger partial charge in [0, 0.05) is 26.1 Å². The van der Waals surface area contributed by atoms with Crippen molar-refractivity contribution in [3.05, 3.63) is 29.4 Å². The van der Waals surface area contributed by atoms with Gasteiger partial charge >= 0.3 is 6.03 Å². The molecule has 0 radical (unpaired) electrons. The third-order valence-corrected chi connectivity index (χ3v) is 7.06. The van der Waals surface area contributed by atoms with Gasteiger partial charge in [-0.1, -0.05) is 18.5 Å². The van der Waals surface area contributed by atoms with Gasteiger partial charge in [0.1, 0.15) is 5.82 Å².